The second-order valence-corrected chi connectivity index (χ2v) is 6.33. The maximum absolute atomic E-state index is 9.52. The van der Waals surface area contributed by atoms with E-state index < -0.39 is 0 Å². The molecule has 0 bridgehead atoms. The molecule has 17 heavy (non-hydrogen) atoms. The van der Waals surface area contributed by atoms with Gasteiger partial charge in [-0.05, 0) is 53.4 Å². The van der Waals surface area contributed by atoms with Crippen LogP contribution in [0.25, 0.3) is 0 Å². The zero-order chi connectivity index (χ0) is 13.1. The number of aliphatic hydroxyl groups excluding tert-OH is 1. The van der Waals surface area contributed by atoms with Crippen LogP contribution in [-0.4, -0.2) is 17.3 Å². The number of anilines is 1. The zero-order valence-electron chi connectivity index (χ0n) is 10.4. The fourth-order valence-corrected chi connectivity index (χ4v) is 2.47. The van der Waals surface area contributed by atoms with Crippen molar-refractivity contribution in [3.8, 4) is 0 Å². The van der Waals surface area contributed by atoms with Crippen molar-refractivity contribution in [2.45, 2.75) is 32.7 Å². The Bertz CT molecular complexity index is 384. The topological polar surface area (TPSA) is 32.3 Å². The average Bonchev–Trinajstić information content (AvgIpc) is 2.22. The summed E-state index contributed by atoms with van der Waals surface area (Å²) in [5.74, 6) is 0.524. The number of aliphatic hydroxyl groups is 1. The number of rotatable bonds is 5. The van der Waals surface area contributed by atoms with Gasteiger partial charge in [0.25, 0.3) is 0 Å². The quantitative estimate of drug-likeness (QED) is 0.847. The molecule has 0 aliphatic carbocycles. The second-order valence-electron chi connectivity index (χ2n) is 5.07. The van der Waals surface area contributed by atoms with E-state index in [-0.39, 0.29) is 12.1 Å². The first-order chi connectivity index (χ1) is 7.86. The van der Waals surface area contributed by atoms with Crippen LogP contribution in [0.4, 0.5) is 5.69 Å². The minimum Gasteiger partial charge on any atom is -0.394 e. The van der Waals surface area contributed by atoms with Crippen molar-refractivity contribution in [3.05, 3.63) is 27.7 Å². The normalized spacial score (nSPS) is 14.8. The third-order valence-electron chi connectivity index (χ3n) is 2.57. The molecule has 0 aliphatic rings. The molecule has 4 heteroatoms. The maximum Gasteiger partial charge on any atom is 0.0658 e. The fourth-order valence-electron chi connectivity index (χ4n) is 1.98. The first-order valence-corrected chi connectivity index (χ1v) is 6.87. The van der Waals surface area contributed by atoms with Crippen molar-refractivity contribution in [3.63, 3.8) is 0 Å². The van der Waals surface area contributed by atoms with Gasteiger partial charge in [-0.3, -0.25) is 0 Å². The molecule has 0 aromatic heterocycles. The predicted octanol–water partition coefficient (Wildman–Crippen LogP) is 4.31. The Kier molecular flexibility index (Phi) is 5.29. The first kappa shape index (κ1) is 14.8. The molecule has 1 atom stereocenters. The van der Waals surface area contributed by atoms with E-state index in [0.29, 0.717) is 10.9 Å². The minimum absolute atomic E-state index is 0.103. The van der Waals surface area contributed by atoms with Gasteiger partial charge in [-0.2, -0.15) is 0 Å². The lowest BCUT2D eigenvalue weighted by atomic mass is 9.91. The highest BCUT2D eigenvalue weighted by Crippen LogP contribution is 2.28. The van der Waals surface area contributed by atoms with Crippen LogP contribution in [0.3, 0.4) is 0 Å². The Morgan fingerprint density at radius 2 is 2.12 bits per heavy atom. The molecular weight excluding hydrogens is 302 g/mol. The van der Waals surface area contributed by atoms with E-state index in [4.69, 9.17) is 11.6 Å². The summed E-state index contributed by atoms with van der Waals surface area (Å²) in [4.78, 5) is 0. The van der Waals surface area contributed by atoms with E-state index in [1.807, 2.05) is 25.1 Å². The minimum atomic E-state index is -0.304. The number of nitrogens with one attached hydrogen (secondary N) is 1. The third-order valence-corrected chi connectivity index (χ3v) is 3.79. The molecule has 0 radical (unpaired) electrons. The van der Waals surface area contributed by atoms with Gasteiger partial charge in [0.1, 0.15) is 0 Å². The van der Waals surface area contributed by atoms with E-state index in [2.05, 4.69) is 35.1 Å². The molecule has 2 N–H and O–H groups in total. The zero-order valence-corrected chi connectivity index (χ0v) is 12.8. The Labute approximate surface area is 117 Å². The van der Waals surface area contributed by atoms with Gasteiger partial charge in [-0.25, -0.2) is 0 Å². The summed E-state index contributed by atoms with van der Waals surface area (Å²) in [6, 6.07) is 5.68. The van der Waals surface area contributed by atoms with Crippen molar-refractivity contribution in [1.82, 2.24) is 0 Å². The summed E-state index contributed by atoms with van der Waals surface area (Å²) in [6.45, 7) is 6.42. The molecule has 0 spiro atoms. The van der Waals surface area contributed by atoms with Gasteiger partial charge in [0.05, 0.1) is 17.2 Å². The molecular formula is C13H19BrClNO. The van der Waals surface area contributed by atoms with Crippen LogP contribution in [0.2, 0.25) is 5.02 Å². The van der Waals surface area contributed by atoms with Crippen LogP contribution < -0.4 is 5.32 Å². The lowest BCUT2D eigenvalue weighted by Crippen LogP contribution is -2.40. The Balaban J connectivity index is 2.83. The second kappa shape index (κ2) is 6.07. The summed E-state index contributed by atoms with van der Waals surface area (Å²) in [5, 5.41) is 13.6. The van der Waals surface area contributed by atoms with Crippen LogP contribution in [0.1, 0.15) is 27.2 Å². The molecule has 1 rings (SSSR count). The van der Waals surface area contributed by atoms with Crippen LogP contribution >= 0.6 is 27.5 Å². The third kappa shape index (κ3) is 4.49. The molecule has 1 unspecified atom stereocenters. The summed E-state index contributed by atoms with van der Waals surface area (Å²) < 4.78 is 0.856. The van der Waals surface area contributed by atoms with E-state index in [1.54, 1.807) is 0 Å². The molecule has 0 amide bonds. The Morgan fingerprint density at radius 3 is 2.59 bits per heavy atom. The maximum atomic E-state index is 9.52. The molecule has 0 heterocycles. The smallest absolute Gasteiger partial charge is 0.0658 e. The summed E-state index contributed by atoms with van der Waals surface area (Å²) in [5.41, 5.74) is 0.653. The molecule has 0 aliphatic heterocycles. The van der Waals surface area contributed by atoms with Gasteiger partial charge in [0.2, 0.25) is 0 Å². The van der Waals surface area contributed by atoms with Gasteiger partial charge < -0.3 is 10.4 Å². The lowest BCUT2D eigenvalue weighted by molar-refractivity contribution is 0.202. The summed E-state index contributed by atoms with van der Waals surface area (Å²) in [6.07, 6.45) is 0.906. The highest BCUT2D eigenvalue weighted by Gasteiger charge is 2.24. The van der Waals surface area contributed by atoms with Crippen LogP contribution in [0.5, 0.6) is 0 Å². The van der Waals surface area contributed by atoms with Crippen LogP contribution in [0, 0.1) is 5.92 Å². The van der Waals surface area contributed by atoms with Crippen LogP contribution in [-0.2, 0) is 0 Å². The van der Waals surface area contributed by atoms with E-state index in [9.17, 15) is 5.11 Å². The number of hydrogen-bond donors (Lipinski definition) is 2. The van der Waals surface area contributed by atoms with Crippen molar-refractivity contribution < 1.29 is 5.11 Å². The van der Waals surface area contributed by atoms with Crippen molar-refractivity contribution >= 4 is 33.2 Å². The fraction of sp³-hybridized carbons (Fsp3) is 0.538. The Hall–Kier alpha value is -0.250. The van der Waals surface area contributed by atoms with Crippen LogP contribution in [0.15, 0.2) is 22.7 Å². The van der Waals surface area contributed by atoms with Gasteiger partial charge >= 0.3 is 0 Å². The number of benzene rings is 1. The molecule has 1 aromatic rings. The monoisotopic (exact) mass is 319 g/mol. The molecule has 96 valence electrons. The van der Waals surface area contributed by atoms with Crippen molar-refractivity contribution in [2.75, 3.05) is 11.9 Å². The molecule has 1 aromatic carbocycles. The Morgan fingerprint density at radius 1 is 1.47 bits per heavy atom. The SMILES string of the molecule is CC(C)CC(C)(CO)Nc1ccc(Cl)c(Br)c1. The highest BCUT2D eigenvalue weighted by molar-refractivity contribution is 9.10. The summed E-state index contributed by atoms with van der Waals surface area (Å²) >= 11 is 9.34. The van der Waals surface area contributed by atoms with E-state index in [0.717, 1.165) is 16.6 Å². The number of hydrogen-bond acceptors (Lipinski definition) is 2. The molecule has 0 saturated carbocycles. The first-order valence-electron chi connectivity index (χ1n) is 5.70. The largest absolute Gasteiger partial charge is 0.394 e. The molecule has 0 saturated heterocycles. The van der Waals surface area contributed by atoms with Gasteiger partial charge in [-0.1, -0.05) is 25.4 Å². The van der Waals surface area contributed by atoms with Crippen molar-refractivity contribution in [2.24, 2.45) is 5.92 Å². The predicted molar refractivity (Wildman–Crippen MR) is 77.7 cm³/mol. The molecule has 0 fully saturated rings. The average molecular weight is 321 g/mol. The van der Waals surface area contributed by atoms with Gasteiger partial charge in [0, 0.05) is 10.2 Å². The highest BCUT2D eigenvalue weighted by atomic mass is 79.9. The van der Waals surface area contributed by atoms with Gasteiger partial charge in [-0.15, -0.1) is 0 Å². The number of halogens is 2. The lowest BCUT2D eigenvalue weighted by Gasteiger charge is -2.31. The van der Waals surface area contributed by atoms with E-state index in [1.165, 1.54) is 0 Å². The van der Waals surface area contributed by atoms with Gasteiger partial charge in [0.15, 0.2) is 0 Å². The van der Waals surface area contributed by atoms with Crippen molar-refractivity contribution in [1.29, 1.82) is 0 Å². The van der Waals surface area contributed by atoms with E-state index >= 15 is 0 Å². The standard InChI is InChI=1S/C13H19BrClNO/c1-9(2)7-13(3,8-17)16-10-4-5-12(15)11(14)6-10/h4-6,9,16-17H,7-8H2,1-3H3. The summed E-state index contributed by atoms with van der Waals surface area (Å²) in [7, 11) is 0. The molecule has 2 nitrogen and oxygen atoms in total.